The van der Waals surface area contributed by atoms with E-state index in [0.717, 1.165) is 6.42 Å². The fourth-order valence-corrected chi connectivity index (χ4v) is 0.607. The van der Waals surface area contributed by atoms with Crippen molar-refractivity contribution >= 4 is 6.41 Å². The van der Waals surface area contributed by atoms with Crippen LogP contribution in [0, 0.1) is 0 Å². The van der Waals surface area contributed by atoms with Gasteiger partial charge in [-0.15, -0.1) is 0 Å². The van der Waals surface area contributed by atoms with Crippen molar-refractivity contribution in [1.82, 2.24) is 4.98 Å². The average molecular weight is 152 g/mol. The molecular formula is C8H12N2O. The smallest absolute Gasteiger partial charge is 0.204 e. The third-order valence-corrected chi connectivity index (χ3v) is 1.13. The van der Waals surface area contributed by atoms with E-state index in [-0.39, 0.29) is 6.41 Å². The Morgan fingerprint density at radius 3 is 2.64 bits per heavy atom. The summed E-state index contributed by atoms with van der Waals surface area (Å²) in [5.74, 6) is 0. The van der Waals surface area contributed by atoms with Gasteiger partial charge in [0.25, 0.3) is 0 Å². The van der Waals surface area contributed by atoms with Crippen LogP contribution in [0.2, 0.25) is 0 Å². The minimum absolute atomic E-state index is 0.250. The summed E-state index contributed by atoms with van der Waals surface area (Å²) in [7, 11) is 0. The standard InChI is InChI=1S/C7H9N.CH3NO/c1-2-7-4-3-5-8-6-7;2-1-3/h3-6H,2H2,1H3;1H,(H2,2,3). The molecule has 0 atom stereocenters. The van der Waals surface area contributed by atoms with E-state index in [1.165, 1.54) is 5.56 Å². The summed E-state index contributed by atoms with van der Waals surface area (Å²) >= 11 is 0. The van der Waals surface area contributed by atoms with Gasteiger partial charge in [-0.1, -0.05) is 13.0 Å². The van der Waals surface area contributed by atoms with Crippen LogP contribution >= 0.6 is 0 Å². The zero-order valence-electron chi connectivity index (χ0n) is 6.53. The number of primary amides is 1. The summed E-state index contributed by atoms with van der Waals surface area (Å²) in [6.07, 6.45) is 5.01. The molecule has 1 amide bonds. The number of aryl methyl sites for hydroxylation is 1. The summed E-state index contributed by atoms with van der Waals surface area (Å²) in [5, 5.41) is 0. The number of nitrogens with two attached hydrogens (primary N) is 1. The van der Waals surface area contributed by atoms with Gasteiger partial charge in [0, 0.05) is 12.4 Å². The van der Waals surface area contributed by atoms with Gasteiger partial charge in [0.05, 0.1) is 0 Å². The molecule has 3 heteroatoms. The van der Waals surface area contributed by atoms with Crippen LogP contribution in [0.1, 0.15) is 12.5 Å². The molecule has 2 N–H and O–H groups in total. The first-order valence-electron chi connectivity index (χ1n) is 3.39. The fraction of sp³-hybridized carbons (Fsp3) is 0.250. The van der Waals surface area contributed by atoms with Crippen LogP contribution in [-0.2, 0) is 11.2 Å². The molecule has 0 spiro atoms. The molecule has 11 heavy (non-hydrogen) atoms. The highest BCUT2D eigenvalue weighted by molar-refractivity contribution is 5.42. The first kappa shape index (κ1) is 9.62. The van der Waals surface area contributed by atoms with Gasteiger partial charge in [0.15, 0.2) is 0 Å². The van der Waals surface area contributed by atoms with E-state index in [1.807, 2.05) is 12.3 Å². The first-order valence-corrected chi connectivity index (χ1v) is 3.39. The van der Waals surface area contributed by atoms with E-state index < -0.39 is 0 Å². The van der Waals surface area contributed by atoms with E-state index >= 15 is 0 Å². The van der Waals surface area contributed by atoms with Crippen molar-refractivity contribution in [3.8, 4) is 0 Å². The average Bonchev–Trinajstić information content (AvgIpc) is 2.08. The van der Waals surface area contributed by atoms with Gasteiger partial charge in [-0.2, -0.15) is 0 Å². The number of amides is 1. The Morgan fingerprint density at radius 1 is 1.73 bits per heavy atom. The third kappa shape index (κ3) is 5.08. The van der Waals surface area contributed by atoms with Gasteiger partial charge in [-0.05, 0) is 18.1 Å². The lowest BCUT2D eigenvalue weighted by Gasteiger charge is -1.88. The summed E-state index contributed by atoms with van der Waals surface area (Å²) in [5.41, 5.74) is 5.47. The molecule has 0 fully saturated rings. The molecule has 0 unspecified atom stereocenters. The van der Waals surface area contributed by atoms with Crippen molar-refractivity contribution in [2.45, 2.75) is 13.3 Å². The number of hydrogen-bond acceptors (Lipinski definition) is 2. The third-order valence-electron chi connectivity index (χ3n) is 1.13. The number of hydrogen-bond donors (Lipinski definition) is 1. The summed E-state index contributed by atoms with van der Waals surface area (Å²) in [6.45, 7) is 2.12. The number of pyridine rings is 1. The zero-order valence-corrected chi connectivity index (χ0v) is 6.53. The molecule has 1 aromatic heterocycles. The Labute approximate surface area is 66.3 Å². The van der Waals surface area contributed by atoms with Gasteiger partial charge in [-0.3, -0.25) is 9.78 Å². The molecule has 0 aliphatic rings. The van der Waals surface area contributed by atoms with Crippen LogP contribution in [-0.4, -0.2) is 11.4 Å². The Kier molecular flexibility index (Phi) is 5.89. The van der Waals surface area contributed by atoms with Crippen molar-refractivity contribution in [3.63, 3.8) is 0 Å². The highest BCUT2D eigenvalue weighted by Crippen LogP contribution is 1.93. The van der Waals surface area contributed by atoms with Crippen LogP contribution in [0.3, 0.4) is 0 Å². The maximum atomic E-state index is 8.58. The van der Waals surface area contributed by atoms with Crippen molar-refractivity contribution in [3.05, 3.63) is 30.1 Å². The van der Waals surface area contributed by atoms with Crippen LogP contribution in [0.4, 0.5) is 0 Å². The molecule has 0 aromatic carbocycles. The molecule has 0 radical (unpaired) electrons. The zero-order chi connectivity index (χ0) is 8.53. The molecule has 1 aromatic rings. The van der Waals surface area contributed by atoms with Crippen LogP contribution in [0.25, 0.3) is 0 Å². The SMILES string of the molecule is CCc1cccnc1.NC=O. The fourth-order valence-electron chi connectivity index (χ4n) is 0.607. The van der Waals surface area contributed by atoms with E-state index in [1.54, 1.807) is 6.20 Å². The lowest BCUT2D eigenvalue weighted by molar-refractivity contribution is -0.106. The highest BCUT2D eigenvalue weighted by Gasteiger charge is 1.81. The lowest BCUT2D eigenvalue weighted by atomic mass is 10.2. The van der Waals surface area contributed by atoms with Crippen molar-refractivity contribution in [2.75, 3.05) is 0 Å². The summed E-state index contributed by atoms with van der Waals surface area (Å²) in [6, 6.07) is 4.03. The van der Waals surface area contributed by atoms with Crippen LogP contribution < -0.4 is 5.73 Å². The van der Waals surface area contributed by atoms with E-state index in [9.17, 15) is 0 Å². The van der Waals surface area contributed by atoms with Gasteiger partial charge < -0.3 is 5.73 Å². The Hall–Kier alpha value is -1.38. The lowest BCUT2D eigenvalue weighted by Crippen LogP contribution is -1.82. The molecule has 60 valence electrons. The topological polar surface area (TPSA) is 56.0 Å². The molecule has 0 saturated carbocycles. The van der Waals surface area contributed by atoms with Gasteiger partial charge in [0.2, 0.25) is 6.41 Å². The number of carbonyl (C=O) groups excluding carboxylic acids is 1. The van der Waals surface area contributed by atoms with Crippen molar-refractivity contribution in [1.29, 1.82) is 0 Å². The predicted octanol–water partition coefficient (Wildman–Crippen LogP) is 0.745. The molecule has 0 aliphatic carbocycles. The number of carbonyl (C=O) groups is 1. The first-order chi connectivity index (χ1) is 5.35. The maximum absolute atomic E-state index is 8.58. The molecular weight excluding hydrogens is 140 g/mol. The highest BCUT2D eigenvalue weighted by atomic mass is 16.1. The van der Waals surface area contributed by atoms with Crippen molar-refractivity contribution in [2.24, 2.45) is 5.73 Å². The largest absolute Gasteiger partial charge is 0.372 e. The molecule has 0 saturated heterocycles. The minimum Gasteiger partial charge on any atom is -0.372 e. The normalized spacial score (nSPS) is 7.73. The Bertz CT molecular complexity index is 187. The van der Waals surface area contributed by atoms with E-state index in [4.69, 9.17) is 4.79 Å². The van der Waals surface area contributed by atoms with Gasteiger partial charge >= 0.3 is 0 Å². The second kappa shape index (κ2) is 6.74. The molecule has 1 rings (SSSR count). The monoisotopic (exact) mass is 152 g/mol. The van der Waals surface area contributed by atoms with Gasteiger partial charge in [-0.25, -0.2) is 0 Å². The summed E-state index contributed by atoms with van der Waals surface area (Å²) in [4.78, 5) is 12.5. The maximum Gasteiger partial charge on any atom is 0.204 e. The molecule has 1 heterocycles. The van der Waals surface area contributed by atoms with Crippen LogP contribution in [0.5, 0.6) is 0 Å². The Morgan fingerprint density at radius 2 is 2.36 bits per heavy atom. The van der Waals surface area contributed by atoms with E-state index in [0.29, 0.717) is 0 Å². The molecule has 3 nitrogen and oxygen atoms in total. The van der Waals surface area contributed by atoms with Crippen LogP contribution in [0.15, 0.2) is 24.5 Å². The van der Waals surface area contributed by atoms with Crippen molar-refractivity contribution < 1.29 is 4.79 Å². The second-order valence-electron chi connectivity index (χ2n) is 1.85. The predicted molar refractivity (Wildman–Crippen MR) is 43.9 cm³/mol. The number of aromatic nitrogens is 1. The quantitative estimate of drug-likeness (QED) is 0.603. The van der Waals surface area contributed by atoms with Gasteiger partial charge in [0.1, 0.15) is 0 Å². The number of nitrogens with zero attached hydrogens (tertiary/aromatic N) is 1. The second-order valence-corrected chi connectivity index (χ2v) is 1.85. The van der Waals surface area contributed by atoms with E-state index in [2.05, 4.69) is 23.7 Å². The number of rotatable bonds is 1. The molecule has 0 aliphatic heterocycles. The summed E-state index contributed by atoms with van der Waals surface area (Å²) < 4.78 is 0. The minimum atomic E-state index is 0.250. The Balaban J connectivity index is 0.000000292. The molecule has 0 bridgehead atoms.